The van der Waals surface area contributed by atoms with Crippen LogP contribution >= 0.6 is 0 Å². The third kappa shape index (κ3) is 4.22. The van der Waals surface area contributed by atoms with Gasteiger partial charge in [0.25, 0.3) is 0 Å². The van der Waals surface area contributed by atoms with Crippen LogP contribution in [0.4, 0.5) is 0 Å². The van der Waals surface area contributed by atoms with E-state index in [2.05, 4.69) is 27.0 Å². The Bertz CT molecular complexity index is 382. The Morgan fingerprint density at radius 2 is 1.70 bits per heavy atom. The Morgan fingerprint density at radius 1 is 1.00 bits per heavy atom. The Hall–Kier alpha value is -1.58. The molecule has 2 aliphatic rings. The van der Waals surface area contributed by atoms with E-state index in [0.717, 1.165) is 25.8 Å². The van der Waals surface area contributed by atoms with E-state index in [9.17, 15) is 9.59 Å². The highest BCUT2D eigenvalue weighted by Crippen LogP contribution is 2.28. The number of amides is 2. The van der Waals surface area contributed by atoms with Crippen molar-refractivity contribution >= 4 is 11.8 Å². The minimum absolute atomic E-state index is 0.00116. The van der Waals surface area contributed by atoms with E-state index in [0.29, 0.717) is 12.8 Å². The molecule has 0 aromatic carbocycles. The van der Waals surface area contributed by atoms with Crippen LogP contribution in [0.2, 0.25) is 0 Å². The number of carbonyl (C=O) groups is 2. The second kappa shape index (κ2) is 7.27. The Balaban J connectivity index is 0.000000200. The van der Waals surface area contributed by atoms with Crippen molar-refractivity contribution in [3.63, 3.8) is 0 Å². The van der Waals surface area contributed by atoms with Gasteiger partial charge in [0.15, 0.2) is 0 Å². The fourth-order valence-corrected chi connectivity index (χ4v) is 2.54. The van der Waals surface area contributed by atoms with Crippen LogP contribution in [0.3, 0.4) is 0 Å². The summed E-state index contributed by atoms with van der Waals surface area (Å²) in [5.41, 5.74) is -0.00116. The molecule has 0 spiro atoms. The highest BCUT2D eigenvalue weighted by atomic mass is 16.2. The molecule has 2 aliphatic heterocycles. The number of nitrogens with zero attached hydrogens (tertiary/aromatic N) is 2. The van der Waals surface area contributed by atoms with Crippen LogP contribution in [-0.2, 0) is 9.59 Å². The third-order valence-corrected chi connectivity index (χ3v) is 3.88. The summed E-state index contributed by atoms with van der Waals surface area (Å²) in [7, 11) is 0. The molecule has 2 fully saturated rings. The molecule has 0 aliphatic carbocycles. The van der Waals surface area contributed by atoms with Crippen molar-refractivity contribution in [3.8, 4) is 0 Å². The molecule has 0 aromatic heterocycles. The summed E-state index contributed by atoms with van der Waals surface area (Å²) >= 11 is 0. The van der Waals surface area contributed by atoms with Crippen LogP contribution in [0.25, 0.3) is 0 Å². The number of hydrogen-bond donors (Lipinski definition) is 0. The van der Waals surface area contributed by atoms with Gasteiger partial charge in [0.1, 0.15) is 0 Å². The van der Waals surface area contributed by atoms with E-state index >= 15 is 0 Å². The van der Waals surface area contributed by atoms with Crippen molar-refractivity contribution in [2.24, 2.45) is 0 Å². The smallest absolute Gasteiger partial charge is 0.227 e. The lowest BCUT2D eigenvalue weighted by Gasteiger charge is -2.27. The fourth-order valence-electron chi connectivity index (χ4n) is 2.54. The standard InChI is InChI=1S/2C8H13NO/c1-4-9-7(10)5-6-8(9,2)3;1-2-9-7-5-3-4-6-8(9)10/h4H,1,5-6H2,2-3H3;2H,1,3-7H2. The average molecular weight is 278 g/mol. The normalized spacial score (nSPS) is 21.9. The molecule has 20 heavy (non-hydrogen) atoms. The molecule has 0 N–H and O–H groups in total. The van der Waals surface area contributed by atoms with Gasteiger partial charge in [-0.25, -0.2) is 0 Å². The zero-order valence-corrected chi connectivity index (χ0v) is 12.7. The monoisotopic (exact) mass is 278 g/mol. The molecular formula is C16H26N2O2. The molecule has 2 amide bonds. The summed E-state index contributed by atoms with van der Waals surface area (Å²) in [5, 5.41) is 0. The second-order valence-corrected chi connectivity index (χ2v) is 5.84. The van der Waals surface area contributed by atoms with Crippen molar-refractivity contribution in [2.45, 2.75) is 57.9 Å². The number of carbonyl (C=O) groups excluding carboxylic acids is 2. The van der Waals surface area contributed by atoms with Crippen molar-refractivity contribution in [1.82, 2.24) is 9.80 Å². The van der Waals surface area contributed by atoms with Gasteiger partial charge in [0, 0.05) is 31.1 Å². The maximum atomic E-state index is 11.1. The summed E-state index contributed by atoms with van der Waals surface area (Å²) < 4.78 is 0. The van der Waals surface area contributed by atoms with Crippen LogP contribution in [0.1, 0.15) is 52.4 Å². The first-order valence-corrected chi connectivity index (χ1v) is 7.29. The summed E-state index contributed by atoms with van der Waals surface area (Å²) in [6.45, 7) is 12.1. The van der Waals surface area contributed by atoms with Gasteiger partial charge in [-0.1, -0.05) is 19.6 Å². The number of hydrogen-bond acceptors (Lipinski definition) is 2. The quantitative estimate of drug-likeness (QED) is 0.779. The number of rotatable bonds is 2. The van der Waals surface area contributed by atoms with Gasteiger partial charge in [-0.3, -0.25) is 9.59 Å². The molecule has 4 nitrogen and oxygen atoms in total. The molecule has 0 saturated carbocycles. The van der Waals surface area contributed by atoms with Gasteiger partial charge >= 0.3 is 0 Å². The minimum Gasteiger partial charge on any atom is -0.320 e. The maximum Gasteiger partial charge on any atom is 0.227 e. The van der Waals surface area contributed by atoms with Crippen LogP contribution in [0.15, 0.2) is 25.6 Å². The lowest BCUT2D eigenvalue weighted by Crippen LogP contribution is -2.35. The second-order valence-electron chi connectivity index (χ2n) is 5.84. The van der Waals surface area contributed by atoms with E-state index in [4.69, 9.17) is 0 Å². The van der Waals surface area contributed by atoms with E-state index < -0.39 is 0 Å². The molecule has 0 unspecified atom stereocenters. The Labute approximate surface area is 122 Å². The average Bonchev–Trinajstić information content (AvgIpc) is 2.56. The number of likely N-dealkylation sites (tertiary alicyclic amines) is 2. The predicted octanol–water partition coefficient (Wildman–Crippen LogP) is 3.06. The fraction of sp³-hybridized carbons (Fsp3) is 0.625. The minimum atomic E-state index is -0.00116. The maximum absolute atomic E-state index is 11.1. The van der Waals surface area contributed by atoms with E-state index in [1.165, 1.54) is 6.42 Å². The molecule has 2 saturated heterocycles. The highest BCUT2D eigenvalue weighted by molar-refractivity contribution is 5.80. The van der Waals surface area contributed by atoms with Gasteiger partial charge < -0.3 is 9.80 Å². The lowest BCUT2D eigenvalue weighted by molar-refractivity contribution is -0.128. The van der Waals surface area contributed by atoms with E-state index in [1.54, 1.807) is 22.2 Å². The van der Waals surface area contributed by atoms with Crippen LogP contribution in [0, 0.1) is 0 Å². The highest BCUT2D eigenvalue weighted by Gasteiger charge is 2.35. The van der Waals surface area contributed by atoms with Gasteiger partial charge in [-0.05, 0) is 39.3 Å². The van der Waals surface area contributed by atoms with Crippen LogP contribution in [0.5, 0.6) is 0 Å². The summed E-state index contributed by atoms with van der Waals surface area (Å²) in [6.07, 6.45) is 8.91. The first-order valence-electron chi connectivity index (χ1n) is 7.29. The van der Waals surface area contributed by atoms with Gasteiger partial charge in [0.05, 0.1) is 0 Å². The molecule has 0 radical (unpaired) electrons. The predicted molar refractivity (Wildman–Crippen MR) is 80.7 cm³/mol. The molecule has 0 atom stereocenters. The van der Waals surface area contributed by atoms with Gasteiger partial charge in [0.2, 0.25) is 11.8 Å². The SMILES string of the molecule is C=CN1C(=O)CCC1(C)C.C=CN1CCCCCC1=O. The Morgan fingerprint density at radius 3 is 2.15 bits per heavy atom. The third-order valence-electron chi connectivity index (χ3n) is 3.88. The van der Waals surface area contributed by atoms with Crippen molar-refractivity contribution < 1.29 is 9.59 Å². The molecule has 2 heterocycles. The topological polar surface area (TPSA) is 40.6 Å². The lowest BCUT2D eigenvalue weighted by atomic mass is 10.0. The zero-order valence-electron chi connectivity index (χ0n) is 12.7. The van der Waals surface area contributed by atoms with E-state index in [-0.39, 0.29) is 17.4 Å². The molecule has 4 heteroatoms. The largest absolute Gasteiger partial charge is 0.320 e. The summed E-state index contributed by atoms with van der Waals surface area (Å²) in [6, 6.07) is 0. The Kier molecular flexibility index (Phi) is 5.99. The van der Waals surface area contributed by atoms with Crippen LogP contribution in [-0.4, -0.2) is 33.7 Å². The molecule has 2 rings (SSSR count). The van der Waals surface area contributed by atoms with Crippen molar-refractivity contribution in [1.29, 1.82) is 0 Å². The zero-order chi connectivity index (χ0) is 15.2. The van der Waals surface area contributed by atoms with Crippen molar-refractivity contribution in [3.05, 3.63) is 25.6 Å². The molecular weight excluding hydrogens is 252 g/mol. The first kappa shape index (κ1) is 16.5. The van der Waals surface area contributed by atoms with Gasteiger partial charge in [-0.15, -0.1) is 0 Å². The summed E-state index contributed by atoms with van der Waals surface area (Å²) in [5.74, 6) is 0.424. The molecule has 112 valence electrons. The summed E-state index contributed by atoms with van der Waals surface area (Å²) in [4.78, 5) is 25.6. The van der Waals surface area contributed by atoms with Crippen LogP contribution < -0.4 is 0 Å². The van der Waals surface area contributed by atoms with E-state index in [1.807, 2.05) is 0 Å². The molecule has 0 aromatic rings. The molecule has 0 bridgehead atoms. The van der Waals surface area contributed by atoms with Crippen molar-refractivity contribution in [2.75, 3.05) is 6.54 Å². The first-order chi connectivity index (χ1) is 9.42. The van der Waals surface area contributed by atoms with Gasteiger partial charge in [-0.2, -0.15) is 0 Å².